The van der Waals surface area contributed by atoms with E-state index in [0.717, 1.165) is 42.7 Å². The summed E-state index contributed by atoms with van der Waals surface area (Å²) in [5.74, 6) is -3.65. The number of aliphatic hydroxyl groups is 2. The van der Waals surface area contributed by atoms with E-state index in [1.807, 2.05) is 6.92 Å². The number of fused-ring (bicyclic) bond motifs is 3. The highest BCUT2D eigenvalue weighted by Crippen LogP contribution is 2.63. The minimum absolute atomic E-state index is 0.132. The third-order valence-corrected chi connectivity index (χ3v) is 25.6. The van der Waals surface area contributed by atoms with E-state index in [0.29, 0.717) is 11.5 Å². The van der Waals surface area contributed by atoms with E-state index in [-0.39, 0.29) is 30.1 Å². The van der Waals surface area contributed by atoms with Gasteiger partial charge in [0.2, 0.25) is 0 Å². The lowest BCUT2D eigenvalue weighted by Crippen LogP contribution is -2.81. The Morgan fingerprint density at radius 1 is 0.859 bits per heavy atom. The third-order valence-electron chi connectivity index (χ3n) is 16.3. The molecule has 64 heavy (non-hydrogen) atoms. The van der Waals surface area contributed by atoms with Crippen LogP contribution in [-0.4, -0.2) is 105 Å². The van der Waals surface area contributed by atoms with Crippen LogP contribution in [0.5, 0.6) is 0 Å². The van der Waals surface area contributed by atoms with E-state index in [9.17, 15) is 24.6 Å². The van der Waals surface area contributed by atoms with Gasteiger partial charge in [0.25, 0.3) is 0 Å². The molecular weight excluding hydrogens is 849 g/mol. The van der Waals surface area contributed by atoms with Crippen molar-refractivity contribution in [2.24, 2.45) is 28.6 Å². The van der Waals surface area contributed by atoms with Crippen LogP contribution in [0.15, 0.2) is 41.5 Å². The topological polar surface area (TPSA) is 164 Å². The number of carbonyl (C=O) groups is 4. The number of esters is 3. The molecular formula is C50H82O12Si2. The maximum absolute atomic E-state index is 16.0. The Balaban J connectivity index is 2.02. The van der Waals surface area contributed by atoms with E-state index in [1.165, 1.54) is 13.8 Å². The van der Waals surface area contributed by atoms with Crippen molar-refractivity contribution < 1.29 is 57.2 Å². The summed E-state index contributed by atoms with van der Waals surface area (Å²) in [5, 5.41) is 26.4. The number of ketones is 1. The van der Waals surface area contributed by atoms with E-state index in [4.69, 9.17) is 27.8 Å². The first-order valence-electron chi connectivity index (χ1n) is 24.1. The molecule has 0 amide bonds. The molecule has 11 atom stereocenters. The number of ether oxygens (including phenoxy) is 4. The van der Waals surface area contributed by atoms with Crippen LogP contribution in [-0.2, 0) is 42.2 Å². The molecule has 1 heterocycles. The van der Waals surface area contributed by atoms with Gasteiger partial charge in [0.15, 0.2) is 28.0 Å². The average molecular weight is 931 g/mol. The molecule has 2 aliphatic carbocycles. The fourth-order valence-corrected chi connectivity index (χ4v) is 17.1. The van der Waals surface area contributed by atoms with E-state index in [2.05, 4.69) is 55.4 Å². The summed E-state index contributed by atoms with van der Waals surface area (Å²) in [6, 6.07) is 13.2. The zero-order valence-corrected chi connectivity index (χ0v) is 43.9. The van der Waals surface area contributed by atoms with Gasteiger partial charge in [0.05, 0.1) is 29.6 Å². The lowest BCUT2D eigenvalue weighted by Gasteiger charge is -2.67. The molecule has 3 aliphatic rings. The predicted molar refractivity (Wildman–Crippen MR) is 253 cm³/mol. The van der Waals surface area contributed by atoms with E-state index in [1.54, 1.807) is 65.0 Å². The van der Waals surface area contributed by atoms with Crippen molar-refractivity contribution >= 4 is 40.3 Å². The molecule has 1 aromatic carbocycles. The Hall–Kier alpha value is -2.73. The largest absolute Gasteiger partial charge is 0.456 e. The molecule has 4 rings (SSSR count). The smallest absolute Gasteiger partial charge is 0.338 e. The van der Waals surface area contributed by atoms with Crippen LogP contribution in [0.3, 0.4) is 0 Å². The molecule has 2 N–H and O–H groups in total. The minimum Gasteiger partial charge on any atom is -0.456 e. The molecule has 14 heteroatoms. The number of hydrogen-bond donors (Lipinski definition) is 2. The predicted octanol–water partition coefficient (Wildman–Crippen LogP) is 9.37. The highest BCUT2D eigenvalue weighted by Gasteiger charge is 2.77. The van der Waals surface area contributed by atoms with E-state index >= 15 is 4.79 Å². The Morgan fingerprint density at radius 3 is 1.88 bits per heavy atom. The van der Waals surface area contributed by atoms with Gasteiger partial charge in [-0.25, -0.2) is 9.59 Å². The highest BCUT2D eigenvalue weighted by molar-refractivity contribution is 6.74. The number of aliphatic hydroxyl groups excluding tert-OH is 1. The lowest BCUT2D eigenvalue weighted by atomic mass is 9.46. The zero-order valence-electron chi connectivity index (χ0n) is 41.9. The fraction of sp³-hybridized carbons (Fsp3) is 0.760. The van der Waals surface area contributed by atoms with Gasteiger partial charge in [0.1, 0.15) is 36.1 Å². The van der Waals surface area contributed by atoms with Crippen molar-refractivity contribution in [1.29, 1.82) is 0 Å². The van der Waals surface area contributed by atoms with Crippen molar-refractivity contribution in [1.82, 2.24) is 0 Å². The quantitative estimate of drug-likeness (QED) is 0.0586. The van der Waals surface area contributed by atoms with Crippen molar-refractivity contribution in [3.8, 4) is 0 Å². The molecule has 1 unspecified atom stereocenters. The van der Waals surface area contributed by atoms with Crippen LogP contribution in [0.2, 0.25) is 36.3 Å². The summed E-state index contributed by atoms with van der Waals surface area (Å²) in [7, 11) is -4.83. The van der Waals surface area contributed by atoms with Crippen LogP contribution in [0, 0.1) is 28.6 Å². The second-order valence-electron chi connectivity index (χ2n) is 20.5. The molecule has 3 fully saturated rings. The fourth-order valence-electron chi connectivity index (χ4n) is 11.3. The van der Waals surface area contributed by atoms with Crippen LogP contribution < -0.4 is 0 Å². The molecule has 0 radical (unpaired) electrons. The van der Waals surface area contributed by atoms with E-state index < -0.39 is 105 Å². The number of benzene rings is 1. The first kappa shape index (κ1) is 53.9. The summed E-state index contributed by atoms with van der Waals surface area (Å²) in [4.78, 5) is 58.0. The number of hydrogen-bond acceptors (Lipinski definition) is 12. The third kappa shape index (κ3) is 9.81. The molecule has 1 aromatic rings. The summed E-state index contributed by atoms with van der Waals surface area (Å²) in [6.45, 7) is 30.0. The van der Waals surface area contributed by atoms with Gasteiger partial charge in [-0.15, -0.1) is 0 Å². The summed E-state index contributed by atoms with van der Waals surface area (Å²) < 4.78 is 39.6. The van der Waals surface area contributed by atoms with Crippen molar-refractivity contribution in [2.75, 3.05) is 6.61 Å². The molecule has 1 saturated heterocycles. The van der Waals surface area contributed by atoms with Crippen LogP contribution in [0.4, 0.5) is 0 Å². The van der Waals surface area contributed by atoms with Crippen molar-refractivity contribution in [3.05, 3.63) is 47.0 Å². The van der Waals surface area contributed by atoms with Crippen LogP contribution in [0.25, 0.3) is 0 Å². The van der Waals surface area contributed by atoms with Gasteiger partial charge in [-0.05, 0) is 105 Å². The van der Waals surface area contributed by atoms with Crippen LogP contribution >= 0.6 is 0 Å². The Labute approximate surface area is 386 Å². The second-order valence-corrected chi connectivity index (χ2v) is 29.9. The second kappa shape index (κ2) is 20.6. The van der Waals surface area contributed by atoms with Gasteiger partial charge in [-0.1, -0.05) is 94.4 Å². The molecule has 362 valence electrons. The number of Topliss-reactive ketones (excluding diaryl/α,β-unsaturated/α-hetero) is 1. The van der Waals surface area contributed by atoms with Gasteiger partial charge >= 0.3 is 17.9 Å². The van der Waals surface area contributed by atoms with Gasteiger partial charge in [-0.3, -0.25) is 9.59 Å². The monoisotopic (exact) mass is 931 g/mol. The SMILES string of the molecule is CC[Si](CC)(CC)OC(C(=O)O[C@@H](C)/C(C)=C1/[C@@H](O)C(=O)[C@]2(C)[C@@H](O[Si](CC)(CC)CC)C[C@H]3OC[C@@]3(OC(C)=O)[C@H]2[C@H](OC(=O)c2ccccc2)[C@@](C)(O)C1(C)C)[C@@H](C)CC(C)C. The zero-order chi connectivity index (χ0) is 48.4. The van der Waals surface area contributed by atoms with Gasteiger partial charge in [-0.2, -0.15) is 0 Å². The molecule has 12 nitrogen and oxygen atoms in total. The normalized spacial score (nSPS) is 31.5. The minimum atomic E-state index is -2.54. The first-order valence-corrected chi connectivity index (χ1v) is 29.1. The molecule has 2 saturated carbocycles. The maximum Gasteiger partial charge on any atom is 0.338 e. The lowest BCUT2D eigenvalue weighted by molar-refractivity contribution is -0.341. The number of rotatable bonds is 19. The van der Waals surface area contributed by atoms with Gasteiger partial charge in [0, 0.05) is 18.8 Å². The average Bonchev–Trinajstić information content (AvgIpc) is 3.24. The summed E-state index contributed by atoms with van der Waals surface area (Å²) in [5.41, 5.74) is -6.23. The molecule has 0 bridgehead atoms. The molecule has 1 aliphatic heterocycles. The first-order chi connectivity index (χ1) is 29.8. The number of carbonyl (C=O) groups excluding carboxylic acids is 4. The summed E-state index contributed by atoms with van der Waals surface area (Å²) in [6.07, 6.45) is -5.98. The van der Waals surface area contributed by atoms with Crippen LogP contribution in [0.1, 0.15) is 134 Å². The Kier molecular flexibility index (Phi) is 17.4. The van der Waals surface area contributed by atoms with Crippen molar-refractivity contribution in [2.45, 2.75) is 208 Å². The summed E-state index contributed by atoms with van der Waals surface area (Å²) >= 11 is 0. The highest BCUT2D eigenvalue weighted by atomic mass is 28.4. The molecule has 0 spiro atoms. The Bertz CT molecular complexity index is 1820. The van der Waals surface area contributed by atoms with Gasteiger partial charge < -0.3 is 38.0 Å². The standard InChI is InChI=1S/C50H82O12Si2/c1-17-63(18-2,19-3)61-37-29-38-50(30-57-38,60-35(12)51)42-44(59-45(54)36-26-24-23-25-27-36)49(16,56)47(13,14)39(40(52)43(53)48(37,42)15)33(10)34(11)58-46(55)41(32(9)28-31(7)8)62-64(20-4,21-5)22-6/h23-27,31-32,34,37-38,40-42,44,52,56H,17-22,28-30H2,1-16H3/b39-33-/t32-,34-,37-,38+,40+,41?,42-,44-,48+,49+,50-/m0/s1. The molecule has 0 aromatic heterocycles. The Morgan fingerprint density at radius 2 is 1.41 bits per heavy atom. The maximum atomic E-state index is 16.0. The van der Waals surface area contributed by atoms with Crippen molar-refractivity contribution in [3.63, 3.8) is 0 Å².